The van der Waals surface area contributed by atoms with Gasteiger partial charge in [0.1, 0.15) is 5.52 Å². The highest BCUT2D eigenvalue weighted by Gasteiger charge is 2.08. The molecule has 0 amide bonds. The number of fused-ring (bicyclic) bond motifs is 3. The zero-order valence-corrected chi connectivity index (χ0v) is 12.8. The average molecular weight is 305 g/mol. The lowest BCUT2D eigenvalue weighted by Gasteiger charge is -2.08. The van der Waals surface area contributed by atoms with Crippen molar-refractivity contribution in [1.29, 1.82) is 0 Å². The lowest BCUT2D eigenvalue weighted by Crippen LogP contribution is -1.97. The first kappa shape index (κ1) is 13.2. The third kappa shape index (κ3) is 2.31. The Morgan fingerprint density at radius 2 is 1.86 bits per heavy atom. The maximum Gasteiger partial charge on any atom is 0.150 e. The Morgan fingerprint density at radius 3 is 2.73 bits per heavy atom. The van der Waals surface area contributed by atoms with Crippen LogP contribution in [0.3, 0.4) is 0 Å². The van der Waals surface area contributed by atoms with Gasteiger partial charge in [-0.15, -0.1) is 0 Å². The molecule has 3 aromatic heterocycles. The number of benzene rings is 1. The Labute approximate surface area is 132 Å². The van der Waals surface area contributed by atoms with Crippen LogP contribution in [0.2, 0.25) is 0 Å². The summed E-state index contributed by atoms with van der Waals surface area (Å²) in [6.07, 6.45) is 3.94. The van der Waals surface area contributed by atoms with Crippen molar-refractivity contribution in [2.24, 2.45) is 0 Å². The van der Waals surface area contributed by atoms with Crippen molar-refractivity contribution in [3.8, 4) is 0 Å². The van der Waals surface area contributed by atoms with E-state index in [1.807, 2.05) is 24.4 Å². The van der Waals surface area contributed by atoms with Gasteiger partial charge >= 0.3 is 0 Å². The van der Waals surface area contributed by atoms with Gasteiger partial charge in [0.15, 0.2) is 5.82 Å². The number of nitrogens with two attached hydrogens (primary N) is 1. The highest BCUT2D eigenvalue weighted by Crippen LogP contribution is 2.27. The molecule has 0 atom stereocenters. The maximum atomic E-state index is 6.05. The average Bonchev–Trinajstić information content (AvgIpc) is 3.06. The fraction of sp³-hybridized carbons (Fsp3) is 0.111. The first-order valence-electron chi connectivity index (χ1n) is 7.25. The maximum absolute atomic E-state index is 6.05. The third-order valence-corrected chi connectivity index (χ3v) is 4.64. The molecule has 0 spiro atoms. The largest absolute Gasteiger partial charge is 0.382 e. The minimum Gasteiger partial charge on any atom is -0.382 e. The predicted octanol–water partition coefficient (Wildman–Crippen LogP) is 4.21. The summed E-state index contributed by atoms with van der Waals surface area (Å²) >= 11 is 1.74. The van der Waals surface area contributed by atoms with Crippen molar-refractivity contribution in [3.63, 3.8) is 0 Å². The molecular weight excluding hydrogens is 290 g/mol. The zero-order chi connectivity index (χ0) is 14.9. The minimum absolute atomic E-state index is 0.498. The molecule has 0 saturated carbocycles. The number of aromatic nitrogens is 2. The van der Waals surface area contributed by atoms with Crippen molar-refractivity contribution < 1.29 is 0 Å². The van der Waals surface area contributed by atoms with Crippen LogP contribution in [0.4, 0.5) is 5.82 Å². The summed E-state index contributed by atoms with van der Waals surface area (Å²) in [7, 11) is 0. The molecule has 1 aromatic carbocycles. The van der Waals surface area contributed by atoms with Gasteiger partial charge in [-0.05, 0) is 52.9 Å². The van der Waals surface area contributed by atoms with E-state index in [-0.39, 0.29) is 0 Å². The number of pyridine rings is 2. The lowest BCUT2D eigenvalue weighted by molar-refractivity contribution is 0.960. The van der Waals surface area contributed by atoms with E-state index in [2.05, 4.69) is 38.9 Å². The highest BCUT2D eigenvalue weighted by molar-refractivity contribution is 7.07. The summed E-state index contributed by atoms with van der Waals surface area (Å²) in [6, 6.07) is 12.5. The van der Waals surface area contributed by atoms with Crippen molar-refractivity contribution >= 4 is 39.0 Å². The summed E-state index contributed by atoms with van der Waals surface area (Å²) in [5, 5.41) is 6.52. The number of nitrogens with zero attached hydrogens (tertiary/aromatic N) is 2. The quantitative estimate of drug-likeness (QED) is 0.577. The number of hydrogen-bond donors (Lipinski definition) is 1. The monoisotopic (exact) mass is 305 g/mol. The van der Waals surface area contributed by atoms with Gasteiger partial charge in [-0.25, -0.2) is 4.98 Å². The summed E-state index contributed by atoms with van der Waals surface area (Å²) in [5.74, 6) is 0.498. The summed E-state index contributed by atoms with van der Waals surface area (Å²) < 4.78 is 0. The van der Waals surface area contributed by atoms with Crippen molar-refractivity contribution in [2.75, 3.05) is 5.73 Å². The van der Waals surface area contributed by atoms with E-state index < -0.39 is 0 Å². The van der Waals surface area contributed by atoms with Gasteiger partial charge in [0.2, 0.25) is 0 Å². The van der Waals surface area contributed by atoms with Gasteiger partial charge < -0.3 is 5.73 Å². The molecule has 0 aliphatic rings. The molecule has 0 bridgehead atoms. The number of hydrogen-bond acceptors (Lipinski definition) is 4. The van der Waals surface area contributed by atoms with Gasteiger partial charge in [-0.1, -0.05) is 18.2 Å². The highest BCUT2D eigenvalue weighted by atomic mass is 32.1. The van der Waals surface area contributed by atoms with Gasteiger partial charge in [0, 0.05) is 17.0 Å². The Bertz CT molecular complexity index is 945. The zero-order valence-electron chi connectivity index (χ0n) is 12.0. The lowest BCUT2D eigenvalue weighted by atomic mass is 10.0. The van der Waals surface area contributed by atoms with Crippen LogP contribution < -0.4 is 5.73 Å². The molecule has 0 fully saturated rings. The number of para-hydroxylation sites is 1. The van der Waals surface area contributed by atoms with E-state index >= 15 is 0 Å². The standard InChI is InChI=1S/C18H15N3S/c19-18-17-15(14-3-1-2-4-16(14)21-18)9-13(10-20-17)6-5-12-7-8-22-11-12/h1-4,7-11H,5-6H2,(H2,19,21). The van der Waals surface area contributed by atoms with E-state index in [1.165, 1.54) is 11.1 Å². The summed E-state index contributed by atoms with van der Waals surface area (Å²) in [4.78, 5) is 8.98. The minimum atomic E-state index is 0.498. The number of rotatable bonds is 3. The topological polar surface area (TPSA) is 51.8 Å². The molecule has 22 heavy (non-hydrogen) atoms. The van der Waals surface area contributed by atoms with Crippen LogP contribution in [0.1, 0.15) is 11.1 Å². The van der Waals surface area contributed by atoms with Crippen molar-refractivity contribution in [3.05, 3.63) is 64.5 Å². The Morgan fingerprint density at radius 1 is 1.00 bits per heavy atom. The van der Waals surface area contributed by atoms with E-state index in [4.69, 9.17) is 5.73 Å². The van der Waals surface area contributed by atoms with Gasteiger partial charge in [0.25, 0.3) is 0 Å². The third-order valence-electron chi connectivity index (χ3n) is 3.90. The van der Waals surface area contributed by atoms with Crippen LogP contribution in [0, 0.1) is 0 Å². The van der Waals surface area contributed by atoms with Crippen molar-refractivity contribution in [2.45, 2.75) is 12.8 Å². The van der Waals surface area contributed by atoms with Crippen LogP contribution in [-0.2, 0) is 12.8 Å². The summed E-state index contributed by atoms with van der Waals surface area (Å²) in [5.41, 5.74) is 10.4. The van der Waals surface area contributed by atoms with Gasteiger partial charge in [-0.3, -0.25) is 4.98 Å². The predicted molar refractivity (Wildman–Crippen MR) is 93.2 cm³/mol. The fourth-order valence-corrected chi connectivity index (χ4v) is 3.46. The van der Waals surface area contributed by atoms with Crippen LogP contribution in [0.15, 0.2) is 53.4 Å². The molecule has 0 aliphatic carbocycles. The Hall–Kier alpha value is -2.46. The molecule has 4 rings (SSSR count). The van der Waals surface area contributed by atoms with E-state index in [0.717, 1.165) is 34.6 Å². The molecule has 4 aromatic rings. The molecule has 3 heterocycles. The molecule has 0 aliphatic heterocycles. The Balaban J connectivity index is 1.80. The summed E-state index contributed by atoms with van der Waals surface area (Å²) in [6.45, 7) is 0. The number of nitrogen functional groups attached to an aromatic ring is 1. The second kappa shape index (κ2) is 5.39. The molecule has 0 radical (unpaired) electrons. The molecule has 3 nitrogen and oxygen atoms in total. The normalized spacial score (nSPS) is 11.3. The van der Waals surface area contributed by atoms with Gasteiger partial charge in [-0.2, -0.15) is 11.3 Å². The van der Waals surface area contributed by atoms with Gasteiger partial charge in [0.05, 0.1) is 5.52 Å². The molecule has 4 heteroatoms. The van der Waals surface area contributed by atoms with Crippen LogP contribution >= 0.6 is 11.3 Å². The number of anilines is 1. The second-order valence-electron chi connectivity index (χ2n) is 5.39. The first-order valence-corrected chi connectivity index (χ1v) is 8.19. The molecular formula is C18H15N3S. The second-order valence-corrected chi connectivity index (χ2v) is 6.17. The molecule has 108 valence electrons. The van der Waals surface area contributed by atoms with E-state index in [9.17, 15) is 0 Å². The molecule has 0 saturated heterocycles. The molecule has 0 unspecified atom stereocenters. The van der Waals surface area contributed by atoms with Crippen molar-refractivity contribution in [1.82, 2.24) is 9.97 Å². The fourth-order valence-electron chi connectivity index (χ4n) is 2.76. The van der Waals surface area contributed by atoms with E-state index in [1.54, 1.807) is 11.3 Å². The number of thiophene rings is 1. The van der Waals surface area contributed by atoms with Crippen LogP contribution in [-0.4, -0.2) is 9.97 Å². The van der Waals surface area contributed by atoms with E-state index in [0.29, 0.717) is 5.82 Å². The van der Waals surface area contributed by atoms with Crippen LogP contribution in [0.25, 0.3) is 21.8 Å². The first-order chi connectivity index (χ1) is 10.8. The smallest absolute Gasteiger partial charge is 0.150 e. The molecule has 2 N–H and O–H groups in total. The van der Waals surface area contributed by atoms with Crippen LogP contribution in [0.5, 0.6) is 0 Å². The Kier molecular flexibility index (Phi) is 3.24. The SMILES string of the molecule is Nc1nc2ccccc2c2cc(CCc3ccsc3)cnc12. The number of aryl methyl sites for hydroxylation is 2.